The topological polar surface area (TPSA) is 118 Å². The molecule has 35 heavy (non-hydrogen) atoms. The monoisotopic (exact) mass is 475 g/mol. The lowest BCUT2D eigenvalue weighted by Gasteiger charge is -2.30. The van der Waals surface area contributed by atoms with Crippen LogP contribution in [0.2, 0.25) is 0 Å². The molecule has 0 N–H and O–H groups in total. The predicted molar refractivity (Wildman–Crippen MR) is 126 cm³/mol. The molecule has 4 rings (SSSR count). The van der Waals surface area contributed by atoms with E-state index in [1.54, 1.807) is 18.2 Å². The molecule has 0 saturated carbocycles. The van der Waals surface area contributed by atoms with Gasteiger partial charge in [0.15, 0.2) is 5.78 Å². The quantitative estimate of drug-likeness (QED) is 0.207. The number of amides is 3. The first-order valence-electron chi connectivity index (χ1n) is 11.3. The van der Waals surface area contributed by atoms with Gasteiger partial charge in [-0.05, 0) is 55.5 Å². The zero-order valence-electron chi connectivity index (χ0n) is 19.6. The maximum Gasteiger partial charge on any atom is 0.273 e. The number of nitro groups is 1. The van der Waals surface area contributed by atoms with Crippen LogP contribution in [0.1, 0.15) is 45.2 Å². The molecule has 0 bridgehead atoms. The minimum Gasteiger partial charge on any atom is -0.292 e. The molecule has 1 saturated heterocycles. The van der Waals surface area contributed by atoms with E-state index < -0.39 is 46.8 Å². The van der Waals surface area contributed by atoms with Crippen molar-refractivity contribution in [3.63, 3.8) is 0 Å². The third-order valence-corrected chi connectivity index (χ3v) is 6.77. The number of Topliss-reactive ketones (excluding diaryl/α,β-unsaturated/α-hetero) is 1. The molecular weight excluding hydrogens is 450 g/mol. The van der Waals surface area contributed by atoms with Gasteiger partial charge >= 0.3 is 0 Å². The van der Waals surface area contributed by atoms with Crippen LogP contribution >= 0.6 is 0 Å². The van der Waals surface area contributed by atoms with Crippen LogP contribution in [-0.2, 0) is 9.59 Å². The Balaban J connectivity index is 1.71. The number of non-ortho nitro benzene ring substituents is 1. The number of imide groups is 1. The fourth-order valence-corrected chi connectivity index (χ4v) is 4.62. The van der Waals surface area contributed by atoms with E-state index in [-0.39, 0.29) is 17.2 Å². The molecule has 1 aliphatic carbocycles. The van der Waals surface area contributed by atoms with Gasteiger partial charge < -0.3 is 0 Å². The highest BCUT2D eigenvalue weighted by Crippen LogP contribution is 2.39. The molecule has 1 fully saturated rings. The van der Waals surface area contributed by atoms with Gasteiger partial charge in [-0.3, -0.25) is 29.3 Å². The number of hydrogen-bond donors (Lipinski definition) is 0. The zero-order valence-corrected chi connectivity index (χ0v) is 19.6. The zero-order chi connectivity index (χ0) is 25.4. The SMILES string of the molecule is Cc1ccc(C(=O)CN(C(=O)c2ccc([N+](=O)[O-])cc2)N2C(=O)[C@H]3[C@@H](C)C=CC[C@H]3C2=O)cc1C. The molecule has 0 unspecified atom stereocenters. The van der Waals surface area contributed by atoms with Gasteiger partial charge in [-0.15, -0.1) is 0 Å². The number of nitrogens with zero attached hydrogens (tertiary/aromatic N) is 3. The summed E-state index contributed by atoms with van der Waals surface area (Å²) in [7, 11) is 0. The maximum absolute atomic E-state index is 13.5. The van der Waals surface area contributed by atoms with E-state index in [1.165, 1.54) is 12.1 Å². The molecule has 9 nitrogen and oxygen atoms in total. The van der Waals surface area contributed by atoms with E-state index in [2.05, 4.69) is 0 Å². The molecule has 2 aromatic carbocycles. The summed E-state index contributed by atoms with van der Waals surface area (Å²) >= 11 is 0. The molecule has 2 aromatic rings. The number of fused-ring (bicyclic) bond motifs is 1. The Labute approximate surface area is 202 Å². The second-order valence-corrected chi connectivity index (χ2v) is 9.03. The smallest absolute Gasteiger partial charge is 0.273 e. The van der Waals surface area contributed by atoms with E-state index >= 15 is 0 Å². The Bertz CT molecular complexity index is 1270. The van der Waals surface area contributed by atoms with Crippen molar-refractivity contribution >= 4 is 29.2 Å². The molecule has 9 heteroatoms. The number of rotatable bonds is 6. The molecule has 1 aliphatic heterocycles. The van der Waals surface area contributed by atoms with Crippen LogP contribution < -0.4 is 0 Å². The molecule has 3 amide bonds. The first kappa shape index (κ1) is 24.0. The predicted octanol–water partition coefficient (Wildman–Crippen LogP) is 3.65. The number of carbonyl (C=O) groups excluding carboxylic acids is 4. The molecule has 3 atom stereocenters. The van der Waals surface area contributed by atoms with Gasteiger partial charge in [0.05, 0.1) is 16.8 Å². The fraction of sp³-hybridized carbons (Fsp3) is 0.308. The van der Waals surface area contributed by atoms with Crippen molar-refractivity contribution in [1.82, 2.24) is 10.0 Å². The molecule has 2 aliphatic rings. The highest BCUT2D eigenvalue weighted by molar-refractivity contribution is 6.10. The van der Waals surface area contributed by atoms with Crippen LogP contribution in [-0.4, -0.2) is 45.0 Å². The molecule has 180 valence electrons. The molecular formula is C26H25N3O6. The van der Waals surface area contributed by atoms with Crippen LogP contribution in [0.4, 0.5) is 5.69 Å². The summed E-state index contributed by atoms with van der Waals surface area (Å²) in [6.45, 7) is 5.08. The second kappa shape index (κ2) is 9.25. The summed E-state index contributed by atoms with van der Waals surface area (Å²) in [6.07, 6.45) is 4.10. The lowest BCUT2D eigenvalue weighted by Crippen LogP contribution is -2.52. The highest BCUT2D eigenvalue weighted by atomic mass is 16.6. The van der Waals surface area contributed by atoms with Crippen molar-refractivity contribution in [2.24, 2.45) is 17.8 Å². The summed E-state index contributed by atoms with van der Waals surface area (Å²) in [5.74, 6) is -3.67. The van der Waals surface area contributed by atoms with Gasteiger partial charge in [-0.25, -0.2) is 5.01 Å². The van der Waals surface area contributed by atoms with Crippen molar-refractivity contribution in [1.29, 1.82) is 0 Å². The lowest BCUT2D eigenvalue weighted by molar-refractivity contribution is -0.384. The fourth-order valence-electron chi connectivity index (χ4n) is 4.62. The first-order valence-corrected chi connectivity index (χ1v) is 11.3. The highest BCUT2D eigenvalue weighted by Gasteiger charge is 2.53. The van der Waals surface area contributed by atoms with Crippen molar-refractivity contribution < 1.29 is 24.1 Å². The third-order valence-electron chi connectivity index (χ3n) is 6.77. The van der Waals surface area contributed by atoms with Gasteiger partial charge in [-0.1, -0.05) is 31.2 Å². The summed E-state index contributed by atoms with van der Waals surface area (Å²) in [4.78, 5) is 63.8. The van der Waals surface area contributed by atoms with E-state index in [9.17, 15) is 29.3 Å². The normalized spacial score (nSPS) is 21.1. The minimum absolute atomic E-state index is 0.0186. The summed E-state index contributed by atoms with van der Waals surface area (Å²) in [5, 5.41) is 12.7. The van der Waals surface area contributed by atoms with E-state index in [0.29, 0.717) is 12.0 Å². The van der Waals surface area contributed by atoms with E-state index in [0.717, 1.165) is 33.3 Å². The van der Waals surface area contributed by atoms with Gasteiger partial charge in [0.25, 0.3) is 23.4 Å². The van der Waals surface area contributed by atoms with Crippen molar-refractivity contribution in [3.05, 3.63) is 87.0 Å². The number of allylic oxidation sites excluding steroid dienone is 2. The number of aryl methyl sites for hydroxylation is 2. The van der Waals surface area contributed by atoms with Crippen LogP contribution in [0.25, 0.3) is 0 Å². The largest absolute Gasteiger partial charge is 0.292 e. The van der Waals surface area contributed by atoms with Gasteiger partial charge in [0, 0.05) is 23.3 Å². The number of benzene rings is 2. The average molecular weight is 476 g/mol. The average Bonchev–Trinajstić information content (AvgIpc) is 3.09. The summed E-state index contributed by atoms with van der Waals surface area (Å²) < 4.78 is 0. The standard InChI is InChI=1S/C26H25N3O6/c1-15-7-8-19(13-17(15)3)22(30)14-27(24(31)18-9-11-20(12-10-18)29(34)35)28-25(32)21-6-4-5-16(2)23(21)26(28)33/h4-5,7-13,16,21,23H,6,14H2,1-3H3/t16-,21+,23-/m0/s1. The molecule has 0 spiro atoms. The number of hydrogen-bond acceptors (Lipinski definition) is 6. The van der Waals surface area contributed by atoms with Crippen LogP contribution in [0, 0.1) is 41.7 Å². The van der Waals surface area contributed by atoms with Gasteiger partial charge in [-0.2, -0.15) is 5.01 Å². The first-order chi connectivity index (χ1) is 16.6. The molecule has 1 heterocycles. The van der Waals surface area contributed by atoms with Gasteiger partial charge in [0.1, 0.15) is 6.54 Å². The lowest BCUT2D eigenvalue weighted by atomic mass is 9.78. The number of nitro benzene ring substituents is 1. The molecule has 0 aromatic heterocycles. The Morgan fingerprint density at radius 2 is 1.69 bits per heavy atom. The summed E-state index contributed by atoms with van der Waals surface area (Å²) in [6, 6.07) is 9.95. The third kappa shape index (κ3) is 4.37. The van der Waals surface area contributed by atoms with Gasteiger partial charge in [0.2, 0.25) is 0 Å². The van der Waals surface area contributed by atoms with Crippen LogP contribution in [0.15, 0.2) is 54.6 Å². The van der Waals surface area contributed by atoms with Crippen LogP contribution in [0.3, 0.4) is 0 Å². The van der Waals surface area contributed by atoms with Crippen molar-refractivity contribution in [2.45, 2.75) is 27.2 Å². The maximum atomic E-state index is 13.5. The molecule has 0 radical (unpaired) electrons. The Morgan fingerprint density at radius 1 is 1.03 bits per heavy atom. The Morgan fingerprint density at radius 3 is 2.29 bits per heavy atom. The number of ketones is 1. The van der Waals surface area contributed by atoms with Crippen LogP contribution in [0.5, 0.6) is 0 Å². The minimum atomic E-state index is -0.766. The summed E-state index contributed by atoms with van der Waals surface area (Å²) in [5.41, 5.74) is 2.05. The Hall–Kier alpha value is -4.14. The van der Waals surface area contributed by atoms with Crippen molar-refractivity contribution in [3.8, 4) is 0 Å². The van der Waals surface area contributed by atoms with E-state index in [4.69, 9.17) is 0 Å². The Kier molecular flexibility index (Phi) is 6.34. The number of hydrazine groups is 1. The number of carbonyl (C=O) groups is 4. The van der Waals surface area contributed by atoms with Crippen molar-refractivity contribution in [2.75, 3.05) is 6.54 Å². The van der Waals surface area contributed by atoms with E-state index in [1.807, 2.05) is 32.9 Å². The second-order valence-electron chi connectivity index (χ2n) is 9.03.